The van der Waals surface area contributed by atoms with Gasteiger partial charge in [0.25, 0.3) is 11.8 Å². The number of amides is 2. The van der Waals surface area contributed by atoms with Gasteiger partial charge in [0.15, 0.2) is 0 Å². The van der Waals surface area contributed by atoms with Crippen molar-refractivity contribution in [2.75, 3.05) is 45.0 Å². The summed E-state index contributed by atoms with van der Waals surface area (Å²) < 4.78 is 69.8. The van der Waals surface area contributed by atoms with Gasteiger partial charge in [-0.2, -0.15) is 0 Å². The third kappa shape index (κ3) is 7.50. The lowest BCUT2D eigenvalue weighted by molar-refractivity contribution is -0.274. The zero-order valence-electron chi connectivity index (χ0n) is 25.6. The second kappa shape index (κ2) is 12.7. The number of piperidine rings is 1. The number of hydrogen-bond acceptors (Lipinski definition) is 7. The lowest BCUT2D eigenvalue weighted by Gasteiger charge is -2.37. The fourth-order valence-corrected chi connectivity index (χ4v) is 7.54. The van der Waals surface area contributed by atoms with Crippen LogP contribution in [-0.4, -0.2) is 103 Å². The first kappa shape index (κ1) is 32.9. The second-order valence-corrected chi connectivity index (χ2v) is 14.1. The number of hydrogen-bond donors (Lipinski definition) is 1. The number of nitrogens with zero attached hydrogens (tertiary/aromatic N) is 4. The summed E-state index contributed by atoms with van der Waals surface area (Å²) in [5.74, 6) is -0.872. The fourth-order valence-electron chi connectivity index (χ4n) is 6.07. The number of rotatable bonds is 8. The minimum atomic E-state index is -4.86. The number of benzene rings is 2. The Bertz CT molecular complexity index is 1580. The topological polar surface area (TPSA) is 112 Å². The molecule has 0 aliphatic carbocycles. The standard InChI is InChI=1S/C31H38F3N5O5S/c1-21(2)37-14-16-38(17-15-37)28(40)25-8-7-23(22(3)19-25)9-18-45(42,43)39-12-10-30(11-13-39)29(41)35-27(36-30)24-5-4-6-26(20-24)44-31(32,33)34/h4-8,19-21H,9-18H2,1-3H3,(H,35,36,41). The van der Waals surface area contributed by atoms with Crippen LogP contribution in [0.25, 0.3) is 0 Å². The first-order valence-electron chi connectivity index (χ1n) is 15.0. The molecule has 2 aromatic carbocycles. The molecule has 244 valence electrons. The molecule has 0 saturated carbocycles. The second-order valence-electron chi connectivity index (χ2n) is 12.0. The van der Waals surface area contributed by atoms with E-state index in [9.17, 15) is 31.2 Å². The summed E-state index contributed by atoms with van der Waals surface area (Å²) in [5.41, 5.74) is 1.35. The zero-order chi connectivity index (χ0) is 32.6. The highest BCUT2D eigenvalue weighted by atomic mass is 32.2. The first-order chi connectivity index (χ1) is 21.2. The van der Waals surface area contributed by atoms with Crippen molar-refractivity contribution < 1.29 is 35.9 Å². The van der Waals surface area contributed by atoms with Gasteiger partial charge in [-0.05, 0) is 75.4 Å². The van der Waals surface area contributed by atoms with Crippen molar-refractivity contribution in [3.05, 3.63) is 64.7 Å². The first-order valence-corrected chi connectivity index (χ1v) is 16.6. The summed E-state index contributed by atoms with van der Waals surface area (Å²) in [7, 11) is -3.66. The van der Waals surface area contributed by atoms with Crippen LogP contribution in [0.5, 0.6) is 5.75 Å². The molecule has 10 nitrogen and oxygen atoms in total. The molecule has 3 heterocycles. The van der Waals surface area contributed by atoms with E-state index in [0.29, 0.717) is 24.7 Å². The predicted octanol–water partition coefficient (Wildman–Crippen LogP) is 3.34. The maximum atomic E-state index is 13.3. The van der Waals surface area contributed by atoms with Gasteiger partial charge >= 0.3 is 6.36 Å². The van der Waals surface area contributed by atoms with E-state index in [-0.39, 0.29) is 55.4 Å². The smallest absolute Gasteiger partial charge is 0.406 e. The highest BCUT2D eigenvalue weighted by Crippen LogP contribution is 2.33. The summed E-state index contributed by atoms with van der Waals surface area (Å²) in [6, 6.07) is 11.0. The number of piperazine rings is 1. The molecule has 5 rings (SSSR count). The molecule has 3 aliphatic heterocycles. The molecule has 0 aromatic heterocycles. The Morgan fingerprint density at radius 3 is 2.36 bits per heavy atom. The van der Waals surface area contributed by atoms with E-state index >= 15 is 0 Å². The Kier molecular flexibility index (Phi) is 9.30. The Balaban J connectivity index is 1.17. The maximum absolute atomic E-state index is 13.3. The predicted molar refractivity (Wildman–Crippen MR) is 163 cm³/mol. The molecule has 2 fully saturated rings. The lowest BCUT2D eigenvalue weighted by atomic mass is 9.89. The number of aryl methyl sites for hydroxylation is 2. The van der Waals surface area contributed by atoms with Crippen LogP contribution in [0.1, 0.15) is 53.7 Å². The molecule has 2 aromatic rings. The summed E-state index contributed by atoms with van der Waals surface area (Å²) in [6.07, 6.45) is -4.30. The quantitative estimate of drug-likeness (QED) is 0.470. The van der Waals surface area contributed by atoms with Crippen LogP contribution < -0.4 is 10.1 Å². The third-order valence-corrected chi connectivity index (χ3v) is 10.7. The summed E-state index contributed by atoms with van der Waals surface area (Å²) in [6.45, 7) is 9.35. The number of carbonyl (C=O) groups is 2. The summed E-state index contributed by atoms with van der Waals surface area (Å²) in [5, 5.41) is 2.64. The van der Waals surface area contributed by atoms with Crippen molar-refractivity contribution in [3.63, 3.8) is 0 Å². The molecule has 0 unspecified atom stereocenters. The average molecular weight is 650 g/mol. The van der Waals surface area contributed by atoms with Crippen LogP contribution in [0.3, 0.4) is 0 Å². The highest BCUT2D eigenvalue weighted by molar-refractivity contribution is 7.89. The number of ether oxygens (including phenoxy) is 1. The van der Waals surface area contributed by atoms with Crippen LogP contribution in [0.15, 0.2) is 47.5 Å². The monoisotopic (exact) mass is 649 g/mol. The number of sulfonamides is 1. The number of alkyl halides is 3. The lowest BCUT2D eigenvalue weighted by Crippen LogP contribution is -2.51. The number of halogens is 3. The number of aliphatic imine (C=N–C) groups is 1. The molecule has 1 N–H and O–H groups in total. The molecular formula is C31H38F3N5O5S. The molecular weight excluding hydrogens is 611 g/mol. The Hall–Kier alpha value is -3.49. The van der Waals surface area contributed by atoms with Crippen LogP contribution in [0, 0.1) is 6.92 Å². The van der Waals surface area contributed by atoms with Crippen molar-refractivity contribution in [3.8, 4) is 5.75 Å². The molecule has 2 amide bonds. The van der Waals surface area contributed by atoms with Crippen molar-refractivity contribution >= 4 is 27.7 Å². The van der Waals surface area contributed by atoms with Gasteiger partial charge in [-0.15, -0.1) is 13.2 Å². The SMILES string of the molecule is Cc1cc(C(=O)N2CCN(C(C)C)CC2)ccc1CCS(=O)(=O)N1CCC2(CC1)N=C(c1cccc(OC(F)(F)F)c1)NC2=O. The van der Waals surface area contributed by atoms with Gasteiger partial charge in [-0.25, -0.2) is 12.7 Å². The molecule has 0 radical (unpaired) electrons. The molecule has 3 aliphatic rings. The van der Waals surface area contributed by atoms with E-state index in [4.69, 9.17) is 0 Å². The van der Waals surface area contributed by atoms with Crippen LogP contribution >= 0.6 is 0 Å². The molecule has 0 bridgehead atoms. The summed E-state index contributed by atoms with van der Waals surface area (Å²) in [4.78, 5) is 34.7. The summed E-state index contributed by atoms with van der Waals surface area (Å²) >= 11 is 0. The van der Waals surface area contributed by atoms with Crippen LogP contribution in [0.4, 0.5) is 13.2 Å². The number of carbonyl (C=O) groups excluding carboxylic acids is 2. The Morgan fingerprint density at radius 1 is 1.04 bits per heavy atom. The number of nitrogens with one attached hydrogen (secondary N) is 1. The van der Waals surface area contributed by atoms with E-state index < -0.39 is 33.6 Å². The molecule has 2 saturated heterocycles. The van der Waals surface area contributed by atoms with Crippen molar-refractivity contribution in [1.82, 2.24) is 19.4 Å². The van der Waals surface area contributed by atoms with Gasteiger partial charge in [-0.1, -0.05) is 18.2 Å². The Labute approximate surface area is 261 Å². The van der Waals surface area contributed by atoms with Crippen LogP contribution in [0.2, 0.25) is 0 Å². The van der Waals surface area contributed by atoms with Gasteiger partial charge in [0, 0.05) is 56.4 Å². The van der Waals surface area contributed by atoms with E-state index in [1.807, 2.05) is 24.0 Å². The molecule has 45 heavy (non-hydrogen) atoms. The molecule has 1 spiro atoms. The molecule has 0 atom stereocenters. The zero-order valence-corrected chi connectivity index (χ0v) is 26.4. The van der Waals surface area contributed by atoms with Crippen molar-refractivity contribution in [2.45, 2.75) is 58.0 Å². The Morgan fingerprint density at radius 2 is 1.73 bits per heavy atom. The minimum absolute atomic E-state index is 0.0213. The van der Waals surface area contributed by atoms with E-state index in [1.165, 1.54) is 16.4 Å². The van der Waals surface area contributed by atoms with Crippen molar-refractivity contribution in [2.24, 2.45) is 4.99 Å². The van der Waals surface area contributed by atoms with Crippen LogP contribution in [-0.2, 0) is 21.2 Å². The van der Waals surface area contributed by atoms with E-state index in [1.54, 1.807) is 6.07 Å². The fraction of sp³-hybridized carbons (Fsp3) is 0.516. The van der Waals surface area contributed by atoms with Gasteiger partial charge in [0.2, 0.25) is 10.0 Å². The maximum Gasteiger partial charge on any atom is 0.573 e. The van der Waals surface area contributed by atoms with Gasteiger partial charge < -0.3 is 15.0 Å². The van der Waals surface area contributed by atoms with Gasteiger partial charge in [0.05, 0.1) is 5.75 Å². The number of amidine groups is 1. The normalized spacial score (nSPS) is 19.6. The highest BCUT2D eigenvalue weighted by Gasteiger charge is 2.47. The average Bonchev–Trinajstić information content (AvgIpc) is 3.30. The largest absolute Gasteiger partial charge is 0.573 e. The van der Waals surface area contributed by atoms with E-state index in [0.717, 1.165) is 36.3 Å². The van der Waals surface area contributed by atoms with Crippen molar-refractivity contribution in [1.29, 1.82) is 0 Å². The van der Waals surface area contributed by atoms with Gasteiger partial charge in [-0.3, -0.25) is 19.5 Å². The van der Waals surface area contributed by atoms with Gasteiger partial charge in [0.1, 0.15) is 17.1 Å². The third-order valence-electron chi connectivity index (χ3n) is 8.82. The van der Waals surface area contributed by atoms with E-state index in [2.05, 4.69) is 33.8 Å². The minimum Gasteiger partial charge on any atom is -0.406 e. The molecule has 14 heteroatoms.